The highest BCUT2D eigenvalue weighted by molar-refractivity contribution is 5.90. The van der Waals surface area contributed by atoms with Gasteiger partial charge in [-0.05, 0) is 20.9 Å². The molecule has 0 bridgehead atoms. The smallest absolute Gasteiger partial charge is 0.239 e. The number of rotatable bonds is 10. The summed E-state index contributed by atoms with van der Waals surface area (Å²) in [6.45, 7) is 2.26. The van der Waals surface area contributed by atoms with Crippen LogP contribution in [0.4, 0.5) is 0 Å². The summed E-state index contributed by atoms with van der Waals surface area (Å²) < 4.78 is 0. The number of Topliss-reactive ketones (excluding diaryl/α,β-unsaturated/α-hetero) is 2. The molecule has 0 saturated heterocycles. The third-order valence-corrected chi connectivity index (χ3v) is 2.33. The van der Waals surface area contributed by atoms with E-state index in [9.17, 15) is 24.0 Å². The van der Waals surface area contributed by atoms with Crippen molar-refractivity contribution < 1.29 is 24.0 Å². The van der Waals surface area contributed by atoms with Gasteiger partial charge in [-0.15, -0.1) is 0 Å². The zero-order valence-electron chi connectivity index (χ0n) is 13.0. The molecule has 0 aliphatic rings. The lowest BCUT2D eigenvalue weighted by molar-refractivity contribution is -0.128. The first-order valence-electron chi connectivity index (χ1n) is 6.68. The molecule has 0 rings (SSSR count). The monoisotopic (exact) mass is 314 g/mol. The fraction of sp³-hybridized carbons (Fsp3) is 0.615. The first-order valence-corrected chi connectivity index (χ1v) is 6.68. The molecule has 0 saturated carbocycles. The molecule has 0 unspecified atom stereocenters. The quantitative estimate of drug-likeness (QED) is 0.407. The van der Waals surface area contributed by atoms with Crippen LogP contribution < -0.4 is 16.0 Å². The summed E-state index contributed by atoms with van der Waals surface area (Å²) in [5.41, 5.74) is 0. The third kappa shape index (κ3) is 11.5. The van der Waals surface area contributed by atoms with Gasteiger partial charge < -0.3 is 16.0 Å². The SMILES string of the molecule is CC(=O)CNC(=O)CNC(=O)CNC(=O)CN(C)CC(C)=O. The van der Waals surface area contributed by atoms with Crippen molar-refractivity contribution >= 4 is 29.3 Å². The second-order valence-corrected chi connectivity index (χ2v) is 4.91. The van der Waals surface area contributed by atoms with Crippen LogP contribution in [-0.4, -0.2) is 74.0 Å². The normalized spacial score (nSPS) is 10.0. The number of hydrogen-bond acceptors (Lipinski definition) is 6. The minimum Gasteiger partial charge on any atom is -0.348 e. The summed E-state index contributed by atoms with van der Waals surface area (Å²) in [6, 6.07) is 0. The Hall–Kier alpha value is -2.29. The number of likely N-dealkylation sites (N-methyl/N-ethyl adjacent to an activating group) is 1. The maximum Gasteiger partial charge on any atom is 0.239 e. The van der Waals surface area contributed by atoms with E-state index in [4.69, 9.17) is 0 Å². The van der Waals surface area contributed by atoms with Gasteiger partial charge in [0, 0.05) is 0 Å². The van der Waals surface area contributed by atoms with Gasteiger partial charge in [0.05, 0.1) is 32.7 Å². The van der Waals surface area contributed by atoms with E-state index in [0.717, 1.165) is 0 Å². The number of hydrogen-bond donors (Lipinski definition) is 3. The van der Waals surface area contributed by atoms with Gasteiger partial charge in [0.1, 0.15) is 11.6 Å². The number of amides is 3. The molecule has 0 aromatic rings. The molecule has 9 nitrogen and oxygen atoms in total. The van der Waals surface area contributed by atoms with Crippen molar-refractivity contribution in [1.29, 1.82) is 0 Å². The molecule has 9 heteroatoms. The zero-order chi connectivity index (χ0) is 17.1. The highest BCUT2D eigenvalue weighted by Crippen LogP contribution is 1.83. The highest BCUT2D eigenvalue weighted by atomic mass is 16.2. The van der Waals surface area contributed by atoms with Crippen molar-refractivity contribution in [3.8, 4) is 0 Å². The van der Waals surface area contributed by atoms with Gasteiger partial charge in [0.25, 0.3) is 0 Å². The number of nitrogens with zero attached hydrogens (tertiary/aromatic N) is 1. The predicted octanol–water partition coefficient (Wildman–Crippen LogP) is -2.56. The number of nitrogens with one attached hydrogen (secondary N) is 3. The Morgan fingerprint density at radius 2 is 1.14 bits per heavy atom. The minimum absolute atomic E-state index is 0.00798. The first kappa shape index (κ1) is 19.7. The van der Waals surface area contributed by atoms with E-state index in [0.29, 0.717) is 0 Å². The lowest BCUT2D eigenvalue weighted by Crippen LogP contribution is -2.44. The summed E-state index contributed by atoms with van der Waals surface area (Å²) in [7, 11) is 1.61. The van der Waals surface area contributed by atoms with Gasteiger partial charge in [-0.2, -0.15) is 0 Å². The van der Waals surface area contributed by atoms with Crippen molar-refractivity contribution in [3.63, 3.8) is 0 Å². The standard InChI is InChI=1S/C13H22N4O5/c1-9(18)4-14-11(20)5-15-12(21)6-16-13(22)8-17(3)7-10(2)19/h4-8H2,1-3H3,(H,14,20)(H,15,21)(H,16,22). The fourth-order valence-corrected chi connectivity index (χ4v) is 1.44. The molecule has 0 aromatic carbocycles. The molecule has 0 atom stereocenters. The summed E-state index contributed by atoms with van der Waals surface area (Å²) >= 11 is 0. The largest absolute Gasteiger partial charge is 0.348 e. The molecule has 3 amide bonds. The Balaban J connectivity index is 3.84. The third-order valence-electron chi connectivity index (χ3n) is 2.33. The molecular weight excluding hydrogens is 292 g/mol. The van der Waals surface area contributed by atoms with Gasteiger partial charge >= 0.3 is 0 Å². The molecule has 0 radical (unpaired) electrons. The Morgan fingerprint density at radius 1 is 0.682 bits per heavy atom. The van der Waals surface area contributed by atoms with E-state index in [1.807, 2.05) is 0 Å². The Labute approximate surface area is 128 Å². The van der Waals surface area contributed by atoms with Crippen LogP contribution in [0.5, 0.6) is 0 Å². The van der Waals surface area contributed by atoms with Gasteiger partial charge in [0.2, 0.25) is 17.7 Å². The van der Waals surface area contributed by atoms with Crippen LogP contribution in [0, 0.1) is 0 Å². The Morgan fingerprint density at radius 3 is 1.59 bits per heavy atom. The average molecular weight is 314 g/mol. The lowest BCUT2D eigenvalue weighted by atomic mass is 10.4. The molecule has 0 heterocycles. The fourth-order valence-electron chi connectivity index (χ4n) is 1.44. The van der Waals surface area contributed by atoms with E-state index < -0.39 is 17.7 Å². The summed E-state index contributed by atoms with van der Waals surface area (Å²) in [5.74, 6) is -1.68. The molecule has 0 aliphatic heterocycles. The predicted molar refractivity (Wildman–Crippen MR) is 77.9 cm³/mol. The van der Waals surface area contributed by atoms with Crippen molar-refractivity contribution in [1.82, 2.24) is 20.9 Å². The topological polar surface area (TPSA) is 125 Å². The Bertz CT molecular complexity index is 450. The molecule has 0 fully saturated rings. The summed E-state index contributed by atoms with van der Waals surface area (Å²) in [4.78, 5) is 57.2. The summed E-state index contributed by atoms with van der Waals surface area (Å²) in [5, 5.41) is 6.99. The molecule has 0 aliphatic carbocycles. The minimum atomic E-state index is -0.527. The summed E-state index contributed by atoms with van der Waals surface area (Å²) in [6.07, 6.45) is 0. The number of ketones is 2. The van der Waals surface area contributed by atoms with Gasteiger partial charge in [-0.25, -0.2) is 0 Å². The molecule has 124 valence electrons. The van der Waals surface area contributed by atoms with Crippen molar-refractivity contribution in [2.75, 3.05) is 39.8 Å². The van der Waals surface area contributed by atoms with Crippen molar-refractivity contribution in [3.05, 3.63) is 0 Å². The Kier molecular flexibility index (Phi) is 9.35. The molecule has 0 spiro atoms. The maximum atomic E-state index is 11.5. The van der Waals surface area contributed by atoms with Gasteiger partial charge in [0.15, 0.2) is 0 Å². The van der Waals surface area contributed by atoms with Crippen molar-refractivity contribution in [2.24, 2.45) is 0 Å². The van der Waals surface area contributed by atoms with Crippen LogP contribution >= 0.6 is 0 Å². The van der Waals surface area contributed by atoms with Gasteiger partial charge in [-0.3, -0.25) is 28.9 Å². The van der Waals surface area contributed by atoms with Crippen LogP contribution in [0.2, 0.25) is 0 Å². The first-order chi connectivity index (χ1) is 10.2. The van der Waals surface area contributed by atoms with E-state index in [1.54, 1.807) is 7.05 Å². The molecule has 0 aromatic heterocycles. The van der Waals surface area contributed by atoms with E-state index in [1.165, 1.54) is 18.7 Å². The van der Waals surface area contributed by atoms with Crippen LogP contribution in [0.3, 0.4) is 0 Å². The average Bonchev–Trinajstić information content (AvgIpc) is 2.39. The van der Waals surface area contributed by atoms with Crippen molar-refractivity contribution in [2.45, 2.75) is 13.8 Å². The number of carbonyl (C=O) groups excluding carboxylic acids is 5. The second-order valence-electron chi connectivity index (χ2n) is 4.91. The molecule has 3 N–H and O–H groups in total. The second kappa shape index (κ2) is 10.4. The lowest BCUT2D eigenvalue weighted by Gasteiger charge is -2.14. The van der Waals surface area contributed by atoms with Crippen LogP contribution in [-0.2, 0) is 24.0 Å². The number of carbonyl (C=O) groups is 5. The van der Waals surface area contributed by atoms with Crippen LogP contribution in [0.1, 0.15) is 13.8 Å². The zero-order valence-corrected chi connectivity index (χ0v) is 13.0. The molecular formula is C13H22N4O5. The van der Waals surface area contributed by atoms with Gasteiger partial charge in [-0.1, -0.05) is 0 Å². The van der Waals surface area contributed by atoms with E-state index in [-0.39, 0.29) is 44.3 Å². The van der Waals surface area contributed by atoms with E-state index >= 15 is 0 Å². The maximum absolute atomic E-state index is 11.5. The van der Waals surface area contributed by atoms with Crippen LogP contribution in [0.25, 0.3) is 0 Å². The van der Waals surface area contributed by atoms with E-state index in [2.05, 4.69) is 16.0 Å². The highest BCUT2D eigenvalue weighted by Gasteiger charge is 2.10. The molecule has 22 heavy (non-hydrogen) atoms. The van der Waals surface area contributed by atoms with Crippen LogP contribution in [0.15, 0.2) is 0 Å².